The number of carboxylic acid groups (broad SMARTS) is 1. The van der Waals surface area contributed by atoms with Gasteiger partial charge in [0.05, 0.1) is 0 Å². The first-order valence-corrected chi connectivity index (χ1v) is 4.70. The van der Waals surface area contributed by atoms with Crippen molar-refractivity contribution in [2.75, 3.05) is 0 Å². The van der Waals surface area contributed by atoms with Gasteiger partial charge in [-0.15, -0.1) is 0 Å². The summed E-state index contributed by atoms with van der Waals surface area (Å²) < 4.78 is 0. The van der Waals surface area contributed by atoms with Gasteiger partial charge in [-0.25, -0.2) is 4.79 Å². The van der Waals surface area contributed by atoms with Crippen LogP contribution in [-0.4, -0.2) is 22.5 Å². The molecule has 0 heterocycles. The Morgan fingerprint density at radius 2 is 2.00 bits per heavy atom. The fraction of sp³-hybridized carbons (Fsp3) is 0.600. The number of rotatable bonds is 3. The van der Waals surface area contributed by atoms with Gasteiger partial charge in [-0.2, -0.15) is 0 Å². The minimum Gasteiger partial charge on any atom is -0.480 e. The van der Waals surface area contributed by atoms with E-state index >= 15 is 0 Å². The molecule has 14 heavy (non-hydrogen) atoms. The van der Waals surface area contributed by atoms with E-state index in [0.717, 1.165) is 6.42 Å². The van der Waals surface area contributed by atoms with E-state index in [1.807, 2.05) is 0 Å². The number of carboxylic acids is 1. The maximum absolute atomic E-state index is 11.4. The minimum absolute atomic E-state index is 0.283. The SMILES string of the molecule is C/C=C(/C)C(=O)NC1(C(=O)O)CCC1. The van der Waals surface area contributed by atoms with Gasteiger partial charge in [-0.05, 0) is 33.1 Å². The molecule has 0 atom stereocenters. The fourth-order valence-electron chi connectivity index (χ4n) is 1.37. The summed E-state index contributed by atoms with van der Waals surface area (Å²) in [4.78, 5) is 22.4. The summed E-state index contributed by atoms with van der Waals surface area (Å²) in [5.41, 5.74) is -0.445. The van der Waals surface area contributed by atoms with Crippen molar-refractivity contribution in [1.82, 2.24) is 5.32 Å². The fourth-order valence-corrected chi connectivity index (χ4v) is 1.37. The Bertz CT molecular complexity index is 290. The Morgan fingerprint density at radius 3 is 2.29 bits per heavy atom. The lowest BCUT2D eigenvalue weighted by atomic mass is 9.76. The van der Waals surface area contributed by atoms with Gasteiger partial charge in [-0.1, -0.05) is 6.08 Å². The average Bonchev–Trinajstić information content (AvgIpc) is 2.08. The lowest BCUT2D eigenvalue weighted by Crippen LogP contribution is -2.59. The molecule has 0 aromatic carbocycles. The van der Waals surface area contributed by atoms with Crippen LogP contribution in [0.1, 0.15) is 33.1 Å². The molecule has 2 N–H and O–H groups in total. The first-order valence-electron chi connectivity index (χ1n) is 4.70. The Labute approximate surface area is 83.0 Å². The van der Waals surface area contributed by atoms with Crippen LogP contribution in [0.4, 0.5) is 0 Å². The third-order valence-electron chi connectivity index (χ3n) is 2.76. The van der Waals surface area contributed by atoms with Gasteiger partial charge in [0.25, 0.3) is 0 Å². The number of carbonyl (C=O) groups is 2. The summed E-state index contributed by atoms with van der Waals surface area (Å²) in [6.07, 6.45) is 3.60. The lowest BCUT2D eigenvalue weighted by Gasteiger charge is -2.38. The molecular weight excluding hydrogens is 182 g/mol. The van der Waals surface area contributed by atoms with E-state index in [2.05, 4.69) is 5.32 Å². The second-order valence-corrected chi connectivity index (χ2v) is 3.67. The molecule has 0 bridgehead atoms. The number of amides is 1. The molecule has 0 radical (unpaired) electrons. The first kappa shape index (κ1) is 10.8. The normalized spacial score (nSPS) is 19.7. The smallest absolute Gasteiger partial charge is 0.329 e. The topological polar surface area (TPSA) is 66.4 Å². The molecule has 0 aromatic rings. The number of allylic oxidation sites excluding steroid dienone is 1. The molecule has 78 valence electrons. The van der Waals surface area contributed by atoms with Gasteiger partial charge in [0.2, 0.25) is 5.91 Å². The molecule has 0 saturated heterocycles. The molecule has 4 nitrogen and oxygen atoms in total. The highest BCUT2D eigenvalue weighted by Crippen LogP contribution is 2.32. The standard InChI is InChI=1S/C10H15NO3/c1-3-7(2)8(12)11-10(9(13)14)5-4-6-10/h3H,4-6H2,1-2H3,(H,11,12)(H,13,14)/b7-3-. The predicted octanol–water partition coefficient (Wildman–Crippen LogP) is 1.08. The predicted molar refractivity (Wildman–Crippen MR) is 51.8 cm³/mol. The summed E-state index contributed by atoms with van der Waals surface area (Å²) >= 11 is 0. The van der Waals surface area contributed by atoms with Gasteiger partial charge in [0.1, 0.15) is 5.54 Å². The molecule has 1 fully saturated rings. The van der Waals surface area contributed by atoms with Crippen LogP contribution in [0.2, 0.25) is 0 Å². The molecule has 0 unspecified atom stereocenters. The van der Waals surface area contributed by atoms with Crippen LogP contribution >= 0.6 is 0 Å². The van der Waals surface area contributed by atoms with Gasteiger partial charge in [0.15, 0.2) is 0 Å². The Morgan fingerprint density at radius 1 is 1.43 bits per heavy atom. The Kier molecular flexibility index (Phi) is 2.93. The molecule has 4 heteroatoms. The zero-order valence-electron chi connectivity index (χ0n) is 8.46. The third kappa shape index (κ3) is 1.78. The van der Waals surface area contributed by atoms with Crippen molar-refractivity contribution < 1.29 is 14.7 Å². The van der Waals surface area contributed by atoms with E-state index in [9.17, 15) is 9.59 Å². The molecule has 0 aliphatic heterocycles. The monoisotopic (exact) mass is 197 g/mol. The zero-order valence-corrected chi connectivity index (χ0v) is 8.46. The van der Waals surface area contributed by atoms with Crippen molar-refractivity contribution in [2.24, 2.45) is 0 Å². The summed E-state index contributed by atoms with van der Waals surface area (Å²) in [5, 5.41) is 11.5. The van der Waals surface area contributed by atoms with Crippen molar-refractivity contribution >= 4 is 11.9 Å². The second-order valence-electron chi connectivity index (χ2n) is 3.67. The van der Waals surface area contributed by atoms with Gasteiger partial charge in [-0.3, -0.25) is 4.79 Å². The lowest BCUT2D eigenvalue weighted by molar-refractivity contribution is -0.151. The Hall–Kier alpha value is -1.32. The number of hydrogen-bond donors (Lipinski definition) is 2. The van der Waals surface area contributed by atoms with Crippen molar-refractivity contribution in [2.45, 2.75) is 38.6 Å². The third-order valence-corrected chi connectivity index (χ3v) is 2.76. The van der Waals surface area contributed by atoms with Crippen LogP contribution in [0.3, 0.4) is 0 Å². The maximum Gasteiger partial charge on any atom is 0.329 e. The average molecular weight is 197 g/mol. The van der Waals surface area contributed by atoms with Crippen LogP contribution < -0.4 is 5.32 Å². The van der Waals surface area contributed by atoms with Crippen LogP contribution in [0.25, 0.3) is 0 Å². The molecule has 0 spiro atoms. The Balaban J connectivity index is 2.67. The van der Waals surface area contributed by atoms with E-state index in [0.29, 0.717) is 18.4 Å². The zero-order chi connectivity index (χ0) is 10.8. The highest BCUT2D eigenvalue weighted by molar-refractivity contribution is 5.97. The van der Waals surface area contributed by atoms with E-state index in [1.165, 1.54) is 0 Å². The first-order chi connectivity index (χ1) is 6.52. The molecule has 1 aliphatic carbocycles. The van der Waals surface area contributed by atoms with E-state index < -0.39 is 11.5 Å². The number of carbonyl (C=O) groups excluding carboxylic acids is 1. The van der Waals surface area contributed by atoms with E-state index in [-0.39, 0.29) is 5.91 Å². The molecule has 1 aliphatic rings. The molecule has 1 rings (SSSR count). The van der Waals surface area contributed by atoms with Crippen LogP contribution in [-0.2, 0) is 9.59 Å². The summed E-state index contributed by atoms with van der Waals surface area (Å²) in [6.45, 7) is 3.42. The number of nitrogens with one attached hydrogen (secondary N) is 1. The van der Waals surface area contributed by atoms with Gasteiger partial charge in [0, 0.05) is 5.57 Å². The van der Waals surface area contributed by atoms with Crippen molar-refractivity contribution in [1.29, 1.82) is 0 Å². The quantitative estimate of drug-likeness (QED) is 0.665. The van der Waals surface area contributed by atoms with Crippen molar-refractivity contribution in [3.05, 3.63) is 11.6 Å². The second kappa shape index (κ2) is 3.82. The van der Waals surface area contributed by atoms with Gasteiger partial charge < -0.3 is 10.4 Å². The van der Waals surface area contributed by atoms with E-state index in [1.54, 1.807) is 19.9 Å². The van der Waals surface area contributed by atoms with Crippen molar-refractivity contribution in [3.63, 3.8) is 0 Å². The minimum atomic E-state index is -0.999. The molecule has 1 saturated carbocycles. The summed E-state index contributed by atoms with van der Waals surface area (Å²) in [6, 6.07) is 0. The van der Waals surface area contributed by atoms with E-state index in [4.69, 9.17) is 5.11 Å². The van der Waals surface area contributed by atoms with Crippen molar-refractivity contribution in [3.8, 4) is 0 Å². The number of aliphatic carboxylic acids is 1. The van der Waals surface area contributed by atoms with Crippen LogP contribution in [0.15, 0.2) is 11.6 Å². The van der Waals surface area contributed by atoms with Crippen LogP contribution in [0, 0.1) is 0 Å². The summed E-state index contributed by atoms with van der Waals surface area (Å²) in [7, 11) is 0. The van der Waals surface area contributed by atoms with Gasteiger partial charge >= 0.3 is 5.97 Å². The highest BCUT2D eigenvalue weighted by Gasteiger charge is 2.45. The maximum atomic E-state index is 11.4. The molecular formula is C10H15NO3. The highest BCUT2D eigenvalue weighted by atomic mass is 16.4. The number of hydrogen-bond acceptors (Lipinski definition) is 2. The van der Waals surface area contributed by atoms with Crippen LogP contribution in [0.5, 0.6) is 0 Å². The summed E-state index contributed by atoms with van der Waals surface area (Å²) in [5.74, 6) is -1.21. The largest absolute Gasteiger partial charge is 0.480 e. The molecule has 1 amide bonds. The molecule has 0 aromatic heterocycles.